The molecule has 0 spiro atoms. The van der Waals surface area contributed by atoms with Crippen LogP contribution >= 0.6 is 35.0 Å². The Morgan fingerprint density at radius 1 is 1.21 bits per heavy atom. The Morgan fingerprint density at radius 3 is 2.61 bits per heavy atom. The molecule has 11 heteroatoms. The molecule has 1 N–H and O–H groups in total. The molecule has 2 aromatic rings. The van der Waals surface area contributed by atoms with Gasteiger partial charge in [-0.1, -0.05) is 29.3 Å². The van der Waals surface area contributed by atoms with Gasteiger partial charge in [0.05, 0.1) is 16.7 Å². The van der Waals surface area contributed by atoms with Crippen LogP contribution in [0.1, 0.15) is 30.1 Å². The van der Waals surface area contributed by atoms with Gasteiger partial charge in [0.2, 0.25) is 0 Å². The lowest BCUT2D eigenvalue weighted by Crippen LogP contribution is -2.32. The molecule has 178 valence electrons. The quantitative estimate of drug-likeness (QED) is 0.429. The highest BCUT2D eigenvalue weighted by molar-refractivity contribution is 8.00. The number of thioether (sulfide) groups is 1. The normalized spacial score (nSPS) is 18.9. The van der Waals surface area contributed by atoms with Crippen LogP contribution in [0.3, 0.4) is 0 Å². The Balaban J connectivity index is 1.63. The number of nitrogens with one attached hydrogen (secondary N) is 1. The minimum atomic E-state index is -2.99. The van der Waals surface area contributed by atoms with E-state index in [9.17, 15) is 13.6 Å². The summed E-state index contributed by atoms with van der Waals surface area (Å²) in [7, 11) is 0. The van der Waals surface area contributed by atoms with Crippen molar-refractivity contribution in [1.29, 1.82) is 0 Å². The predicted octanol–water partition coefficient (Wildman–Crippen LogP) is 5.27. The van der Waals surface area contributed by atoms with Gasteiger partial charge in [-0.3, -0.25) is 10.3 Å². The highest BCUT2D eigenvalue weighted by atomic mass is 35.5. The number of benzene rings is 1. The van der Waals surface area contributed by atoms with Gasteiger partial charge >= 0.3 is 12.6 Å². The van der Waals surface area contributed by atoms with E-state index in [-0.39, 0.29) is 17.9 Å². The van der Waals surface area contributed by atoms with Crippen LogP contribution < -0.4 is 14.8 Å². The summed E-state index contributed by atoms with van der Waals surface area (Å²) in [5.41, 5.74) is 1.11. The number of hydrogen-bond donors (Lipinski definition) is 1. The maximum absolute atomic E-state index is 12.9. The van der Waals surface area contributed by atoms with E-state index in [4.69, 9.17) is 32.7 Å². The summed E-state index contributed by atoms with van der Waals surface area (Å²) < 4.78 is 42.0. The number of esters is 1. The van der Waals surface area contributed by atoms with Gasteiger partial charge in [-0.25, -0.2) is 4.79 Å². The Labute approximate surface area is 204 Å². The molecule has 2 unspecified atom stereocenters. The predicted molar refractivity (Wildman–Crippen MR) is 122 cm³/mol. The molecule has 2 fully saturated rings. The fourth-order valence-corrected chi connectivity index (χ4v) is 4.77. The Hall–Kier alpha value is -1.81. The van der Waals surface area contributed by atoms with E-state index >= 15 is 0 Å². The third-order valence-corrected chi connectivity index (χ3v) is 7.04. The lowest BCUT2D eigenvalue weighted by atomic mass is 10.0. The van der Waals surface area contributed by atoms with E-state index in [1.165, 1.54) is 30.2 Å². The second-order valence-electron chi connectivity index (χ2n) is 7.76. The number of rotatable bonds is 10. The molecule has 2 heterocycles. The molecule has 0 amide bonds. The largest absolute Gasteiger partial charge is 0.489 e. The minimum absolute atomic E-state index is 0.0764. The summed E-state index contributed by atoms with van der Waals surface area (Å²) >= 11 is 14.1. The SMILES string of the molecule is O=C(OC(Cc1c(Cl)cncc1Cl)c1ccc(OC(F)F)c(OCC2CC2)c1)C1NCCS1. The number of pyridine rings is 1. The monoisotopic (exact) mass is 518 g/mol. The zero-order chi connectivity index (χ0) is 23.4. The van der Waals surface area contributed by atoms with Crippen molar-refractivity contribution < 1.29 is 27.8 Å². The molecule has 0 radical (unpaired) electrons. The van der Waals surface area contributed by atoms with Crippen LogP contribution in [-0.4, -0.2) is 41.8 Å². The van der Waals surface area contributed by atoms with Crippen molar-refractivity contribution in [1.82, 2.24) is 10.3 Å². The van der Waals surface area contributed by atoms with Gasteiger partial charge in [-0.05, 0) is 42.0 Å². The Bertz CT molecular complexity index is 971. The molecule has 4 rings (SSSR count). The second kappa shape index (κ2) is 11.1. The van der Waals surface area contributed by atoms with Crippen LogP contribution in [0.4, 0.5) is 8.78 Å². The molecule has 1 aromatic heterocycles. The van der Waals surface area contributed by atoms with Gasteiger partial charge in [0, 0.05) is 31.1 Å². The fourth-order valence-electron chi connectivity index (χ4n) is 3.35. The molecule has 0 bridgehead atoms. The molecule has 2 aliphatic rings. The highest BCUT2D eigenvalue weighted by Gasteiger charge is 2.30. The van der Waals surface area contributed by atoms with Crippen molar-refractivity contribution in [3.8, 4) is 11.5 Å². The van der Waals surface area contributed by atoms with Crippen LogP contribution in [0.15, 0.2) is 30.6 Å². The summed E-state index contributed by atoms with van der Waals surface area (Å²) in [6.07, 6.45) is 4.37. The number of hydrogen-bond acceptors (Lipinski definition) is 7. The molecule has 1 aromatic carbocycles. The molecule has 6 nitrogen and oxygen atoms in total. The van der Waals surface area contributed by atoms with Crippen LogP contribution in [0.25, 0.3) is 0 Å². The second-order valence-corrected chi connectivity index (χ2v) is 9.78. The van der Waals surface area contributed by atoms with Crippen LogP contribution in [0.2, 0.25) is 10.0 Å². The van der Waals surface area contributed by atoms with Crippen LogP contribution in [-0.2, 0) is 16.0 Å². The van der Waals surface area contributed by atoms with E-state index in [1.807, 2.05) is 0 Å². The van der Waals surface area contributed by atoms with Gasteiger partial charge in [-0.15, -0.1) is 11.8 Å². The average Bonchev–Trinajstić information content (AvgIpc) is 3.44. The number of aromatic nitrogens is 1. The zero-order valence-corrected chi connectivity index (χ0v) is 19.8. The van der Waals surface area contributed by atoms with Crippen molar-refractivity contribution in [2.24, 2.45) is 5.92 Å². The number of nitrogens with zero attached hydrogens (tertiary/aromatic N) is 1. The van der Waals surface area contributed by atoms with Crippen molar-refractivity contribution >= 4 is 40.9 Å². The number of carbonyl (C=O) groups is 1. The first-order valence-corrected chi connectivity index (χ1v) is 12.3. The molecule has 1 aliphatic heterocycles. The van der Waals surface area contributed by atoms with Gasteiger partial charge in [0.1, 0.15) is 6.10 Å². The molecular formula is C22H22Cl2F2N2O4S. The molecule has 1 aliphatic carbocycles. The maximum Gasteiger partial charge on any atom is 0.387 e. The van der Waals surface area contributed by atoms with Gasteiger partial charge in [-0.2, -0.15) is 8.78 Å². The Kier molecular flexibility index (Phi) is 8.16. The first kappa shape index (κ1) is 24.3. The summed E-state index contributed by atoms with van der Waals surface area (Å²) in [5, 5.41) is 3.26. The lowest BCUT2D eigenvalue weighted by molar-refractivity contribution is -0.149. The van der Waals surface area contributed by atoms with E-state index in [2.05, 4.69) is 15.0 Å². The zero-order valence-electron chi connectivity index (χ0n) is 17.4. The van der Waals surface area contributed by atoms with Crippen LogP contribution in [0.5, 0.6) is 11.5 Å². The Morgan fingerprint density at radius 2 is 1.97 bits per heavy atom. The first-order valence-electron chi connectivity index (χ1n) is 10.5. The van der Waals surface area contributed by atoms with E-state index in [0.717, 1.165) is 18.6 Å². The molecular weight excluding hydrogens is 497 g/mol. The fraction of sp³-hybridized carbons (Fsp3) is 0.455. The smallest absolute Gasteiger partial charge is 0.387 e. The third kappa shape index (κ3) is 6.62. The first-order chi connectivity index (χ1) is 15.9. The number of halogens is 4. The van der Waals surface area contributed by atoms with Crippen molar-refractivity contribution in [2.45, 2.75) is 37.4 Å². The standard InChI is InChI=1S/C22H22Cl2F2N2O4S/c23-15-9-27-10-16(24)14(15)8-18(31-21(29)20-28-5-6-33-20)13-3-4-17(32-22(25)26)19(7-13)30-11-12-1-2-12/h3-4,7,9-10,12,18,20,22,28H,1-2,5-6,8,11H2. The van der Waals surface area contributed by atoms with Crippen molar-refractivity contribution in [3.63, 3.8) is 0 Å². The molecule has 2 atom stereocenters. The minimum Gasteiger partial charge on any atom is -0.489 e. The number of carbonyl (C=O) groups excluding carboxylic acids is 1. The lowest BCUT2D eigenvalue weighted by Gasteiger charge is -2.23. The van der Waals surface area contributed by atoms with E-state index in [1.54, 1.807) is 12.1 Å². The number of ether oxygens (including phenoxy) is 3. The van der Waals surface area contributed by atoms with Crippen molar-refractivity contribution in [2.75, 3.05) is 18.9 Å². The summed E-state index contributed by atoms with van der Waals surface area (Å²) in [5.74, 6) is 0.859. The molecule has 33 heavy (non-hydrogen) atoms. The van der Waals surface area contributed by atoms with Gasteiger partial charge in [0.15, 0.2) is 16.9 Å². The van der Waals surface area contributed by atoms with Crippen LogP contribution in [0, 0.1) is 5.92 Å². The van der Waals surface area contributed by atoms with Gasteiger partial charge in [0.25, 0.3) is 0 Å². The van der Waals surface area contributed by atoms with Gasteiger partial charge < -0.3 is 14.2 Å². The average molecular weight is 519 g/mol. The van der Waals surface area contributed by atoms with E-state index in [0.29, 0.717) is 40.2 Å². The highest BCUT2D eigenvalue weighted by Crippen LogP contribution is 2.38. The summed E-state index contributed by atoms with van der Waals surface area (Å²) in [6.45, 7) is -1.89. The van der Waals surface area contributed by atoms with Crippen molar-refractivity contribution in [3.05, 3.63) is 51.8 Å². The van der Waals surface area contributed by atoms with E-state index < -0.39 is 24.1 Å². The molecule has 1 saturated heterocycles. The topological polar surface area (TPSA) is 69.7 Å². The maximum atomic E-state index is 12.9. The molecule has 1 saturated carbocycles. The summed E-state index contributed by atoms with van der Waals surface area (Å²) in [4.78, 5) is 16.7. The summed E-state index contributed by atoms with van der Waals surface area (Å²) in [6, 6.07) is 4.52. The number of alkyl halides is 2. The third-order valence-electron chi connectivity index (χ3n) is 5.26.